The molecule has 1 saturated heterocycles. The highest BCUT2D eigenvalue weighted by atomic mass is 16.5. The topological polar surface area (TPSA) is 79.7 Å². The van der Waals surface area contributed by atoms with Gasteiger partial charge in [0, 0.05) is 18.9 Å². The molecule has 2 heterocycles. The van der Waals surface area contributed by atoms with Gasteiger partial charge >= 0.3 is 0 Å². The Labute approximate surface area is 174 Å². The summed E-state index contributed by atoms with van der Waals surface area (Å²) in [5.74, 6) is -1.21. The van der Waals surface area contributed by atoms with Crippen molar-refractivity contribution in [1.82, 2.24) is 9.88 Å². The van der Waals surface area contributed by atoms with Crippen LogP contribution in [0.1, 0.15) is 22.7 Å². The maximum atomic E-state index is 13.0. The van der Waals surface area contributed by atoms with E-state index in [4.69, 9.17) is 4.74 Å². The van der Waals surface area contributed by atoms with Gasteiger partial charge in [-0.25, -0.2) is 0 Å². The van der Waals surface area contributed by atoms with Crippen LogP contribution in [0, 0.1) is 0 Å². The fourth-order valence-corrected chi connectivity index (χ4v) is 3.70. The highest BCUT2D eigenvalue weighted by Gasteiger charge is 2.46. The molecule has 2 aromatic carbocycles. The minimum atomic E-state index is -0.721. The van der Waals surface area contributed by atoms with E-state index >= 15 is 0 Å². The molecule has 0 spiro atoms. The highest BCUT2D eigenvalue weighted by Crippen LogP contribution is 2.41. The van der Waals surface area contributed by atoms with E-state index in [-0.39, 0.29) is 17.9 Å². The van der Waals surface area contributed by atoms with Gasteiger partial charge in [-0.3, -0.25) is 14.6 Å². The number of hydrogen-bond acceptors (Lipinski definition) is 5. The quantitative estimate of drug-likeness (QED) is 0.401. The summed E-state index contributed by atoms with van der Waals surface area (Å²) in [6, 6.07) is 18.9. The third kappa shape index (κ3) is 3.43. The number of Topliss-reactive ketones (excluding diaryl/α,β-unsaturated/α-hetero) is 1. The normalized spacial score (nSPS) is 17.9. The van der Waals surface area contributed by atoms with Gasteiger partial charge in [0.15, 0.2) is 0 Å². The summed E-state index contributed by atoms with van der Waals surface area (Å²) in [5, 5.41) is 11.1. The van der Waals surface area contributed by atoms with Crippen LogP contribution in [0.2, 0.25) is 0 Å². The Bertz CT molecular complexity index is 1110. The lowest BCUT2D eigenvalue weighted by Crippen LogP contribution is -2.29. The van der Waals surface area contributed by atoms with Gasteiger partial charge in [0.1, 0.15) is 11.5 Å². The van der Waals surface area contributed by atoms with Crippen LogP contribution in [0.15, 0.2) is 84.7 Å². The van der Waals surface area contributed by atoms with E-state index in [9.17, 15) is 14.7 Å². The predicted molar refractivity (Wildman–Crippen MR) is 112 cm³/mol. The standard InChI is InChI=1S/C24H20N2O4/c1-30-19-10-6-5-9-18(19)22(27)20-21(17-7-3-2-4-8-17)26(24(29)23(20)28)15-16-11-13-25-14-12-16/h2-14,21,27H,15H2,1H3/b22-20-. The number of ether oxygens (including phenoxy) is 1. The Kier molecular flexibility index (Phi) is 5.30. The number of rotatable bonds is 5. The smallest absolute Gasteiger partial charge is 0.295 e. The zero-order valence-electron chi connectivity index (χ0n) is 16.4. The highest BCUT2D eigenvalue weighted by molar-refractivity contribution is 6.46. The third-order valence-corrected chi connectivity index (χ3v) is 5.12. The van der Waals surface area contributed by atoms with Crippen molar-refractivity contribution in [3.05, 3.63) is 101 Å². The van der Waals surface area contributed by atoms with Crippen LogP contribution in [-0.4, -0.2) is 33.8 Å². The number of ketones is 1. The summed E-state index contributed by atoms with van der Waals surface area (Å²) in [6.07, 6.45) is 3.27. The summed E-state index contributed by atoms with van der Waals surface area (Å²) >= 11 is 0. The van der Waals surface area contributed by atoms with Crippen LogP contribution in [0.3, 0.4) is 0 Å². The minimum absolute atomic E-state index is 0.0461. The Hall–Kier alpha value is -3.93. The first-order chi connectivity index (χ1) is 14.6. The predicted octanol–water partition coefficient (Wildman–Crippen LogP) is 3.71. The summed E-state index contributed by atoms with van der Waals surface area (Å²) in [5.41, 5.74) is 1.99. The monoisotopic (exact) mass is 400 g/mol. The van der Waals surface area contributed by atoms with E-state index in [1.807, 2.05) is 30.3 Å². The first-order valence-corrected chi connectivity index (χ1v) is 9.47. The van der Waals surface area contributed by atoms with E-state index < -0.39 is 17.7 Å². The average molecular weight is 400 g/mol. The number of benzene rings is 2. The van der Waals surface area contributed by atoms with Crippen molar-refractivity contribution in [2.45, 2.75) is 12.6 Å². The molecule has 1 aliphatic rings. The van der Waals surface area contributed by atoms with Gasteiger partial charge < -0.3 is 14.7 Å². The van der Waals surface area contributed by atoms with E-state index in [1.165, 1.54) is 12.0 Å². The maximum absolute atomic E-state index is 13.0. The molecule has 1 aliphatic heterocycles. The van der Waals surface area contributed by atoms with Gasteiger partial charge in [-0.2, -0.15) is 0 Å². The van der Waals surface area contributed by atoms with Crippen LogP contribution in [0.4, 0.5) is 0 Å². The number of aromatic nitrogens is 1. The summed E-state index contributed by atoms with van der Waals surface area (Å²) in [6.45, 7) is 0.218. The lowest BCUT2D eigenvalue weighted by atomic mass is 9.95. The number of aliphatic hydroxyl groups is 1. The number of methoxy groups -OCH3 is 1. The molecule has 1 aromatic heterocycles. The van der Waals surface area contributed by atoms with Crippen LogP contribution < -0.4 is 4.74 Å². The Balaban J connectivity index is 1.88. The van der Waals surface area contributed by atoms with Crippen molar-refractivity contribution >= 4 is 17.4 Å². The molecule has 30 heavy (non-hydrogen) atoms. The number of pyridine rings is 1. The number of amides is 1. The first-order valence-electron chi connectivity index (χ1n) is 9.47. The van der Waals surface area contributed by atoms with Crippen molar-refractivity contribution in [1.29, 1.82) is 0 Å². The molecule has 1 unspecified atom stereocenters. The lowest BCUT2D eigenvalue weighted by Gasteiger charge is -2.25. The number of para-hydroxylation sites is 1. The van der Waals surface area contributed by atoms with Crippen LogP contribution in [0.25, 0.3) is 5.76 Å². The molecule has 0 radical (unpaired) electrons. The SMILES string of the molecule is COc1ccccc1/C(O)=C1/C(=O)C(=O)N(Cc2ccncc2)C1c1ccccc1. The average Bonchev–Trinajstić information content (AvgIpc) is 3.04. The number of carbonyl (C=O) groups is 2. The Morgan fingerprint density at radius 2 is 1.67 bits per heavy atom. The van der Waals surface area contributed by atoms with Crippen molar-refractivity contribution in [3.63, 3.8) is 0 Å². The van der Waals surface area contributed by atoms with Gasteiger partial charge in [0.05, 0.1) is 24.3 Å². The molecular formula is C24H20N2O4. The lowest BCUT2D eigenvalue weighted by molar-refractivity contribution is -0.140. The molecular weight excluding hydrogens is 380 g/mol. The molecule has 0 bridgehead atoms. The van der Waals surface area contributed by atoms with Crippen LogP contribution in [0.5, 0.6) is 5.75 Å². The first kappa shape index (κ1) is 19.4. The Morgan fingerprint density at radius 3 is 2.37 bits per heavy atom. The van der Waals surface area contributed by atoms with Crippen LogP contribution in [-0.2, 0) is 16.1 Å². The molecule has 1 amide bonds. The molecule has 6 heteroatoms. The van der Waals surface area contributed by atoms with Gasteiger partial charge in [-0.15, -0.1) is 0 Å². The molecule has 1 fully saturated rings. The molecule has 150 valence electrons. The second kappa shape index (κ2) is 8.21. The number of hydrogen-bond donors (Lipinski definition) is 1. The van der Waals surface area contributed by atoms with E-state index in [0.717, 1.165) is 11.1 Å². The van der Waals surface area contributed by atoms with Gasteiger partial charge in [-0.1, -0.05) is 42.5 Å². The third-order valence-electron chi connectivity index (χ3n) is 5.12. The number of likely N-dealkylation sites (tertiary alicyclic amines) is 1. The molecule has 1 N–H and O–H groups in total. The van der Waals surface area contributed by atoms with Gasteiger partial charge in [0.2, 0.25) is 0 Å². The zero-order chi connectivity index (χ0) is 21.1. The van der Waals surface area contributed by atoms with Crippen molar-refractivity contribution in [2.75, 3.05) is 7.11 Å². The van der Waals surface area contributed by atoms with Crippen molar-refractivity contribution in [3.8, 4) is 5.75 Å². The number of nitrogens with zero attached hydrogens (tertiary/aromatic N) is 2. The molecule has 1 atom stereocenters. The van der Waals surface area contributed by atoms with E-state index in [1.54, 1.807) is 48.8 Å². The molecule has 0 aliphatic carbocycles. The molecule has 6 nitrogen and oxygen atoms in total. The van der Waals surface area contributed by atoms with Gasteiger partial charge in [-0.05, 0) is 35.4 Å². The fraction of sp³-hybridized carbons (Fsp3) is 0.125. The summed E-state index contributed by atoms with van der Waals surface area (Å²) < 4.78 is 5.34. The molecule has 0 saturated carbocycles. The minimum Gasteiger partial charge on any atom is -0.507 e. The van der Waals surface area contributed by atoms with E-state index in [0.29, 0.717) is 11.3 Å². The second-order valence-electron chi connectivity index (χ2n) is 6.89. The van der Waals surface area contributed by atoms with Gasteiger partial charge in [0.25, 0.3) is 11.7 Å². The summed E-state index contributed by atoms with van der Waals surface area (Å²) in [4.78, 5) is 31.5. The van der Waals surface area contributed by atoms with Crippen molar-refractivity contribution < 1.29 is 19.4 Å². The number of aliphatic hydroxyl groups excluding tert-OH is 1. The largest absolute Gasteiger partial charge is 0.507 e. The molecule has 3 aromatic rings. The summed E-state index contributed by atoms with van der Waals surface area (Å²) in [7, 11) is 1.49. The Morgan fingerprint density at radius 1 is 1.00 bits per heavy atom. The fourth-order valence-electron chi connectivity index (χ4n) is 3.70. The maximum Gasteiger partial charge on any atom is 0.295 e. The second-order valence-corrected chi connectivity index (χ2v) is 6.89. The van der Waals surface area contributed by atoms with Crippen molar-refractivity contribution in [2.24, 2.45) is 0 Å². The zero-order valence-corrected chi connectivity index (χ0v) is 16.4. The molecule has 4 rings (SSSR count). The van der Waals surface area contributed by atoms with Crippen LogP contribution >= 0.6 is 0 Å². The number of carbonyl (C=O) groups excluding carboxylic acids is 2. The van der Waals surface area contributed by atoms with E-state index in [2.05, 4.69) is 4.98 Å².